The molecule has 2 N–H and O–H groups in total. The maximum Gasteiger partial charge on any atom is 0.244 e. The summed E-state index contributed by atoms with van der Waals surface area (Å²) in [4.78, 5) is 24.1. The number of nitrogens with zero attached hydrogens (tertiary/aromatic N) is 2. The molecule has 1 aromatic heterocycles. The lowest BCUT2D eigenvalue weighted by atomic mass is 10.2. The third-order valence-electron chi connectivity index (χ3n) is 4.36. The van der Waals surface area contributed by atoms with Crippen LogP contribution in [0.4, 0.5) is 5.69 Å². The number of benzene rings is 1. The first-order valence-corrected chi connectivity index (χ1v) is 10.7. The van der Waals surface area contributed by atoms with Crippen LogP contribution in [0.5, 0.6) is 0 Å². The molecule has 2 amide bonds. The fourth-order valence-electron chi connectivity index (χ4n) is 2.67. The molecule has 0 saturated carbocycles. The second-order valence-corrected chi connectivity index (χ2v) is 8.02. The van der Waals surface area contributed by atoms with Crippen LogP contribution in [0.25, 0.3) is 6.08 Å². The lowest BCUT2D eigenvalue weighted by molar-refractivity contribution is -0.117. The first kappa shape index (κ1) is 23.2. The SMILES string of the molecule is CCCCn1nc(C)c(/C=C/C(=O)NCCC(=O)Nc2cc(Br)ccc2C)c1Cl. The molecule has 0 radical (unpaired) electrons. The average molecular weight is 482 g/mol. The normalized spacial score (nSPS) is 11.1. The summed E-state index contributed by atoms with van der Waals surface area (Å²) in [7, 11) is 0. The topological polar surface area (TPSA) is 76.0 Å². The summed E-state index contributed by atoms with van der Waals surface area (Å²) in [5.41, 5.74) is 3.24. The molecular weight excluding hydrogens is 456 g/mol. The van der Waals surface area contributed by atoms with Gasteiger partial charge in [0.2, 0.25) is 11.8 Å². The van der Waals surface area contributed by atoms with Crippen molar-refractivity contribution in [3.05, 3.63) is 50.7 Å². The fourth-order valence-corrected chi connectivity index (χ4v) is 3.35. The van der Waals surface area contributed by atoms with Crippen molar-refractivity contribution >= 4 is 51.1 Å². The number of rotatable bonds is 9. The van der Waals surface area contributed by atoms with E-state index in [9.17, 15) is 9.59 Å². The largest absolute Gasteiger partial charge is 0.352 e. The highest BCUT2D eigenvalue weighted by Crippen LogP contribution is 2.22. The second-order valence-electron chi connectivity index (χ2n) is 6.75. The standard InChI is InChI=1S/C21H26BrClN4O2/c1-4-5-12-27-21(23)17(15(3)26-27)8-9-19(28)24-11-10-20(29)25-18-13-16(22)7-6-14(18)2/h6-9,13H,4-5,10-12H2,1-3H3,(H,24,28)(H,25,29)/b9-8+. The van der Waals surface area contributed by atoms with Crippen molar-refractivity contribution in [1.29, 1.82) is 0 Å². The number of carbonyl (C=O) groups excluding carboxylic acids is 2. The van der Waals surface area contributed by atoms with Gasteiger partial charge in [0.15, 0.2) is 0 Å². The number of carbonyl (C=O) groups is 2. The van der Waals surface area contributed by atoms with E-state index in [1.165, 1.54) is 6.08 Å². The van der Waals surface area contributed by atoms with Crippen molar-refractivity contribution in [3.63, 3.8) is 0 Å². The van der Waals surface area contributed by atoms with E-state index in [2.05, 4.69) is 38.6 Å². The smallest absolute Gasteiger partial charge is 0.244 e. The monoisotopic (exact) mass is 480 g/mol. The van der Waals surface area contributed by atoms with Gasteiger partial charge in [0.25, 0.3) is 0 Å². The number of amides is 2. The molecule has 1 aromatic carbocycles. The summed E-state index contributed by atoms with van der Waals surface area (Å²) < 4.78 is 2.65. The minimum atomic E-state index is -0.284. The third-order valence-corrected chi connectivity index (χ3v) is 5.25. The van der Waals surface area contributed by atoms with E-state index in [0.29, 0.717) is 5.15 Å². The summed E-state index contributed by atoms with van der Waals surface area (Å²) in [5.74, 6) is -0.445. The number of hydrogen-bond acceptors (Lipinski definition) is 3. The Morgan fingerprint density at radius 3 is 2.79 bits per heavy atom. The van der Waals surface area contributed by atoms with Gasteiger partial charge in [-0.1, -0.05) is 46.9 Å². The first-order chi connectivity index (χ1) is 13.8. The molecule has 0 aliphatic heterocycles. The van der Waals surface area contributed by atoms with E-state index in [1.54, 1.807) is 10.8 Å². The Balaban J connectivity index is 1.83. The van der Waals surface area contributed by atoms with E-state index in [1.807, 2.05) is 32.0 Å². The molecule has 1 heterocycles. The Morgan fingerprint density at radius 1 is 1.31 bits per heavy atom. The van der Waals surface area contributed by atoms with Gasteiger partial charge in [0, 0.05) is 41.3 Å². The molecular formula is C21H26BrClN4O2. The molecule has 156 valence electrons. The van der Waals surface area contributed by atoms with Crippen molar-refractivity contribution < 1.29 is 9.59 Å². The van der Waals surface area contributed by atoms with Crippen LogP contribution in [-0.2, 0) is 16.1 Å². The van der Waals surface area contributed by atoms with Gasteiger partial charge in [0.05, 0.1) is 5.69 Å². The van der Waals surface area contributed by atoms with Crippen molar-refractivity contribution in [1.82, 2.24) is 15.1 Å². The van der Waals surface area contributed by atoms with Crippen LogP contribution < -0.4 is 10.6 Å². The van der Waals surface area contributed by atoms with Crippen molar-refractivity contribution in [2.45, 2.75) is 46.6 Å². The minimum Gasteiger partial charge on any atom is -0.352 e. The van der Waals surface area contributed by atoms with Crippen LogP contribution in [-0.4, -0.2) is 28.1 Å². The highest BCUT2D eigenvalue weighted by Gasteiger charge is 2.11. The maximum absolute atomic E-state index is 12.1. The summed E-state index contributed by atoms with van der Waals surface area (Å²) in [6.45, 7) is 6.88. The van der Waals surface area contributed by atoms with Gasteiger partial charge in [-0.15, -0.1) is 0 Å². The molecule has 0 bridgehead atoms. The van der Waals surface area contributed by atoms with Crippen molar-refractivity contribution in [3.8, 4) is 0 Å². The fraction of sp³-hybridized carbons (Fsp3) is 0.381. The second kappa shape index (κ2) is 11.2. The van der Waals surface area contributed by atoms with Crippen LogP contribution in [0.2, 0.25) is 5.15 Å². The van der Waals surface area contributed by atoms with Crippen molar-refractivity contribution in [2.75, 3.05) is 11.9 Å². The molecule has 2 rings (SSSR count). The van der Waals surface area contributed by atoms with Gasteiger partial charge in [-0.05, 0) is 44.0 Å². The van der Waals surface area contributed by atoms with Gasteiger partial charge in [-0.3, -0.25) is 14.3 Å². The zero-order chi connectivity index (χ0) is 21.4. The molecule has 29 heavy (non-hydrogen) atoms. The zero-order valence-corrected chi connectivity index (χ0v) is 19.2. The molecule has 0 fully saturated rings. The molecule has 2 aromatic rings. The number of halogens is 2. The molecule has 8 heteroatoms. The van der Waals surface area contributed by atoms with E-state index in [-0.39, 0.29) is 24.8 Å². The number of aromatic nitrogens is 2. The Morgan fingerprint density at radius 2 is 2.07 bits per heavy atom. The van der Waals surface area contributed by atoms with E-state index < -0.39 is 0 Å². The number of unbranched alkanes of at least 4 members (excludes halogenated alkanes) is 1. The Kier molecular flexibility index (Phi) is 8.92. The highest BCUT2D eigenvalue weighted by molar-refractivity contribution is 9.10. The molecule has 0 aliphatic rings. The Hall–Kier alpha value is -2.12. The highest BCUT2D eigenvalue weighted by atomic mass is 79.9. The molecule has 6 nitrogen and oxygen atoms in total. The van der Waals surface area contributed by atoms with E-state index >= 15 is 0 Å². The zero-order valence-electron chi connectivity index (χ0n) is 16.9. The summed E-state index contributed by atoms with van der Waals surface area (Å²) >= 11 is 9.74. The summed E-state index contributed by atoms with van der Waals surface area (Å²) in [6, 6.07) is 5.68. The molecule has 0 spiro atoms. The van der Waals surface area contributed by atoms with Gasteiger partial charge >= 0.3 is 0 Å². The van der Waals surface area contributed by atoms with E-state index in [0.717, 1.165) is 46.4 Å². The lowest BCUT2D eigenvalue weighted by Crippen LogP contribution is -2.26. The predicted octanol–water partition coefficient (Wildman–Crippen LogP) is 4.87. The van der Waals surface area contributed by atoms with Gasteiger partial charge in [0.1, 0.15) is 5.15 Å². The van der Waals surface area contributed by atoms with Gasteiger partial charge < -0.3 is 10.6 Å². The molecule has 0 saturated heterocycles. The predicted molar refractivity (Wildman–Crippen MR) is 121 cm³/mol. The molecule has 0 aliphatic carbocycles. The van der Waals surface area contributed by atoms with Crippen molar-refractivity contribution in [2.24, 2.45) is 0 Å². The molecule has 0 atom stereocenters. The van der Waals surface area contributed by atoms with Crippen LogP contribution >= 0.6 is 27.5 Å². The summed E-state index contributed by atoms with van der Waals surface area (Å²) in [6.07, 6.45) is 5.30. The number of aryl methyl sites for hydroxylation is 3. The van der Waals surface area contributed by atoms with E-state index in [4.69, 9.17) is 11.6 Å². The Bertz CT molecular complexity index is 908. The van der Waals surface area contributed by atoms with Crippen LogP contribution in [0.3, 0.4) is 0 Å². The van der Waals surface area contributed by atoms with Crippen LogP contribution in [0, 0.1) is 13.8 Å². The van der Waals surface area contributed by atoms with Crippen LogP contribution in [0.1, 0.15) is 43.0 Å². The average Bonchev–Trinajstić information content (AvgIpc) is 2.94. The van der Waals surface area contributed by atoms with Crippen LogP contribution in [0.15, 0.2) is 28.7 Å². The number of nitrogens with one attached hydrogen (secondary N) is 2. The maximum atomic E-state index is 12.1. The molecule has 0 unspecified atom stereocenters. The Labute approximate surface area is 184 Å². The number of anilines is 1. The minimum absolute atomic E-state index is 0.161. The third kappa shape index (κ3) is 7.01. The summed E-state index contributed by atoms with van der Waals surface area (Å²) in [5, 5.41) is 10.5. The first-order valence-electron chi connectivity index (χ1n) is 9.56. The van der Waals surface area contributed by atoms with Gasteiger partial charge in [-0.2, -0.15) is 5.10 Å². The lowest BCUT2D eigenvalue weighted by Gasteiger charge is -2.09. The quantitative estimate of drug-likeness (QED) is 0.502. The van der Waals surface area contributed by atoms with Gasteiger partial charge in [-0.25, -0.2) is 0 Å². The number of hydrogen-bond donors (Lipinski definition) is 2.